The lowest BCUT2D eigenvalue weighted by Crippen LogP contribution is -2.57. The van der Waals surface area contributed by atoms with Gasteiger partial charge < -0.3 is 10.1 Å². The summed E-state index contributed by atoms with van der Waals surface area (Å²) in [5.74, 6) is -1.09. The SMILES string of the molecule is CC1CN(C(C(=O)NCCc2cc(F)cc(F)c2)C(C)C)CC(C)O1. The highest BCUT2D eigenvalue weighted by molar-refractivity contribution is 5.82. The van der Waals surface area contributed by atoms with E-state index >= 15 is 0 Å². The number of amides is 1. The molecule has 1 heterocycles. The number of hydrogen-bond acceptors (Lipinski definition) is 3. The lowest BCUT2D eigenvalue weighted by molar-refractivity contribution is -0.135. The lowest BCUT2D eigenvalue weighted by Gasteiger charge is -2.41. The summed E-state index contributed by atoms with van der Waals surface area (Å²) in [4.78, 5) is 14.8. The Kier molecular flexibility index (Phi) is 6.90. The second-order valence-electron chi connectivity index (χ2n) is 7.22. The van der Waals surface area contributed by atoms with E-state index in [9.17, 15) is 13.6 Å². The van der Waals surface area contributed by atoms with Crippen molar-refractivity contribution in [2.24, 2.45) is 5.92 Å². The average molecular weight is 354 g/mol. The summed E-state index contributed by atoms with van der Waals surface area (Å²) in [6.07, 6.45) is 0.572. The summed E-state index contributed by atoms with van der Waals surface area (Å²) in [5.41, 5.74) is 0.535. The third-order valence-corrected chi connectivity index (χ3v) is 4.38. The Balaban J connectivity index is 1.94. The fourth-order valence-electron chi connectivity index (χ4n) is 3.52. The number of ether oxygens (including phenoxy) is 1. The van der Waals surface area contributed by atoms with Crippen LogP contribution >= 0.6 is 0 Å². The predicted octanol–water partition coefficient (Wildman–Crippen LogP) is 2.76. The number of carbonyl (C=O) groups excluding carboxylic acids is 1. The largest absolute Gasteiger partial charge is 0.373 e. The zero-order valence-corrected chi connectivity index (χ0v) is 15.4. The summed E-state index contributed by atoms with van der Waals surface area (Å²) in [7, 11) is 0. The van der Waals surface area contributed by atoms with Crippen LogP contribution < -0.4 is 5.32 Å². The number of benzene rings is 1. The van der Waals surface area contributed by atoms with Gasteiger partial charge in [-0.3, -0.25) is 9.69 Å². The van der Waals surface area contributed by atoms with E-state index in [0.717, 1.165) is 19.2 Å². The van der Waals surface area contributed by atoms with Crippen LogP contribution in [0.25, 0.3) is 0 Å². The van der Waals surface area contributed by atoms with Crippen molar-refractivity contribution in [3.63, 3.8) is 0 Å². The van der Waals surface area contributed by atoms with E-state index in [1.165, 1.54) is 12.1 Å². The first-order chi connectivity index (χ1) is 11.8. The molecule has 3 atom stereocenters. The van der Waals surface area contributed by atoms with E-state index in [1.54, 1.807) is 0 Å². The predicted molar refractivity (Wildman–Crippen MR) is 93.3 cm³/mol. The molecule has 1 amide bonds. The van der Waals surface area contributed by atoms with Crippen molar-refractivity contribution < 1.29 is 18.3 Å². The molecular formula is C19H28F2N2O2. The molecule has 0 radical (unpaired) electrons. The standard InChI is InChI=1S/C19H28F2N2O2/c1-12(2)18(23-10-13(3)25-14(4)11-23)19(24)22-6-5-15-7-16(20)9-17(21)8-15/h7-9,12-14,18H,5-6,10-11H2,1-4H3,(H,22,24). The monoisotopic (exact) mass is 354 g/mol. The van der Waals surface area contributed by atoms with Gasteiger partial charge in [-0.2, -0.15) is 0 Å². The normalized spacial score (nSPS) is 22.8. The number of morpholine rings is 1. The molecule has 1 saturated heterocycles. The maximum atomic E-state index is 13.2. The highest BCUT2D eigenvalue weighted by Gasteiger charge is 2.33. The summed E-state index contributed by atoms with van der Waals surface area (Å²) in [6, 6.07) is 3.19. The first-order valence-electron chi connectivity index (χ1n) is 8.88. The van der Waals surface area contributed by atoms with Gasteiger partial charge in [-0.1, -0.05) is 13.8 Å². The van der Waals surface area contributed by atoms with Crippen LogP contribution in [0.4, 0.5) is 8.78 Å². The van der Waals surface area contributed by atoms with Crippen LogP contribution in [0.2, 0.25) is 0 Å². The number of hydrogen-bond donors (Lipinski definition) is 1. The van der Waals surface area contributed by atoms with Crippen LogP contribution in [0.1, 0.15) is 33.3 Å². The smallest absolute Gasteiger partial charge is 0.237 e. The minimum absolute atomic E-state index is 0.0480. The number of nitrogens with zero attached hydrogens (tertiary/aromatic N) is 1. The summed E-state index contributed by atoms with van der Waals surface area (Å²) < 4.78 is 32.2. The molecule has 1 aliphatic rings. The van der Waals surface area contributed by atoms with Crippen LogP contribution in [0.15, 0.2) is 18.2 Å². The van der Waals surface area contributed by atoms with E-state index in [0.29, 0.717) is 18.5 Å². The van der Waals surface area contributed by atoms with E-state index in [1.807, 2.05) is 27.7 Å². The highest BCUT2D eigenvalue weighted by atomic mass is 19.1. The Morgan fingerprint density at radius 1 is 1.20 bits per heavy atom. The molecule has 0 aromatic heterocycles. The van der Waals surface area contributed by atoms with Gasteiger partial charge in [0.2, 0.25) is 5.91 Å². The van der Waals surface area contributed by atoms with Crippen LogP contribution in [0.5, 0.6) is 0 Å². The Morgan fingerprint density at radius 3 is 2.28 bits per heavy atom. The zero-order chi connectivity index (χ0) is 18.6. The molecule has 6 heteroatoms. The van der Waals surface area contributed by atoms with Gasteiger partial charge in [0.1, 0.15) is 11.6 Å². The van der Waals surface area contributed by atoms with Gasteiger partial charge in [0.25, 0.3) is 0 Å². The van der Waals surface area contributed by atoms with Crippen molar-refractivity contribution in [3.05, 3.63) is 35.4 Å². The molecule has 1 aliphatic heterocycles. The first kappa shape index (κ1) is 19.8. The molecule has 1 aromatic rings. The Hall–Kier alpha value is -1.53. The fourth-order valence-corrected chi connectivity index (χ4v) is 3.52. The van der Waals surface area contributed by atoms with E-state index in [4.69, 9.17) is 4.74 Å². The second-order valence-corrected chi connectivity index (χ2v) is 7.22. The Bertz CT molecular complexity index is 565. The number of rotatable bonds is 6. The van der Waals surface area contributed by atoms with Crippen molar-refractivity contribution in [1.82, 2.24) is 10.2 Å². The van der Waals surface area contributed by atoms with Gasteiger partial charge in [-0.05, 0) is 43.9 Å². The van der Waals surface area contributed by atoms with E-state index < -0.39 is 11.6 Å². The average Bonchev–Trinajstić information content (AvgIpc) is 2.44. The van der Waals surface area contributed by atoms with Crippen molar-refractivity contribution in [2.75, 3.05) is 19.6 Å². The highest BCUT2D eigenvalue weighted by Crippen LogP contribution is 2.18. The molecule has 25 heavy (non-hydrogen) atoms. The van der Waals surface area contributed by atoms with Crippen LogP contribution in [-0.4, -0.2) is 48.7 Å². The van der Waals surface area contributed by atoms with Gasteiger partial charge in [0.05, 0.1) is 18.2 Å². The minimum atomic E-state index is -0.599. The first-order valence-corrected chi connectivity index (χ1v) is 8.88. The quantitative estimate of drug-likeness (QED) is 0.854. The molecule has 140 valence electrons. The van der Waals surface area contributed by atoms with E-state index in [2.05, 4.69) is 10.2 Å². The minimum Gasteiger partial charge on any atom is -0.373 e. The van der Waals surface area contributed by atoms with Gasteiger partial charge in [-0.15, -0.1) is 0 Å². The third kappa shape index (κ3) is 5.75. The molecule has 0 aliphatic carbocycles. The molecule has 0 saturated carbocycles. The fraction of sp³-hybridized carbons (Fsp3) is 0.632. The molecule has 1 fully saturated rings. The van der Waals surface area contributed by atoms with Crippen molar-refractivity contribution >= 4 is 5.91 Å². The molecule has 1 aromatic carbocycles. The zero-order valence-electron chi connectivity index (χ0n) is 15.4. The van der Waals surface area contributed by atoms with Gasteiger partial charge in [0.15, 0.2) is 0 Å². The van der Waals surface area contributed by atoms with Gasteiger partial charge >= 0.3 is 0 Å². The van der Waals surface area contributed by atoms with Crippen LogP contribution in [0, 0.1) is 17.6 Å². The van der Waals surface area contributed by atoms with Crippen molar-refractivity contribution in [1.29, 1.82) is 0 Å². The molecule has 0 bridgehead atoms. The summed E-state index contributed by atoms with van der Waals surface area (Å²) in [6.45, 7) is 9.85. The van der Waals surface area contributed by atoms with Crippen molar-refractivity contribution in [2.45, 2.75) is 52.4 Å². The summed E-state index contributed by atoms with van der Waals surface area (Å²) >= 11 is 0. The summed E-state index contributed by atoms with van der Waals surface area (Å²) in [5, 5.41) is 2.91. The van der Waals surface area contributed by atoms with Gasteiger partial charge in [0, 0.05) is 25.7 Å². The van der Waals surface area contributed by atoms with Crippen LogP contribution in [-0.2, 0) is 16.0 Å². The Morgan fingerprint density at radius 2 is 1.76 bits per heavy atom. The molecule has 4 nitrogen and oxygen atoms in total. The topological polar surface area (TPSA) is 41.6 Å². The number of nitrogens with one attached hydrogen (secondary N) is 1. The second kappa shape index (κ2) is 8.72. The molecule has 2 rings (SSSR count). The van der Waals surface area contributed by atoms with Crippen molar-refractivity contribution in [3.8, 4) is 0 Å². The molecule has 0 spiro atoms. The number of halogens is 2. The molecule has 1 N–H and O–H groups in total. The number of carbonyl (C=O) groups is 1. The lowest BCUT2D eigenvalue weighted by atomic mass is 9.99. The molecular weight excluding hydrogens is 326 g/mol. The van der Waals surface area contributed by atoms with Crippen LogP contribution in [0.3, 0.4) is 0 Å². The Labute approximate surface area is 148 Å². The molecule has 3 unspecified atom stereocenters. The maximum absolute atomic E-state index is 13.2. The maximum Gasteiger partial charge on any atom is 0.237 e. The third-order valence-electron chi connectivity index (χ3n) is 4.38. The van der Waals surface area contributed by atoms with Gasteiger partial charge in [-0.25, -0.2) is 8.78 Å². The van der Waals surface area contributed by atoms with E-state index in [-0.39, 0.29) is 30.1 Å².